The van der Waals surface area contributed by atoms with Crippen LogP contribution in [0.15, 0.2) is 18.2 Å². The van der Waals surface area contributed by atoms with E-state index in [4.69, 9.17) is 0 Å². The van der Waals surface area contributed by atoms with E-state index in [2.05, 4.69) is 24.5 Å². The quantitative estimate of drug-likeness (QED) is 0.820. The van der Waals surface area contributed by atoms with Gasteiger partial charge in [-0.05, 0) is 31.0 Å². The Morgan fingerprint density at radius 1 is 1.50 bits per heavy atom. The van der Waals surface area contributed by atoms with Crippen molar-refractivity contribution in [3.63, 3.8) is 0 Å². The summed E-state index contributed by atoms with van der Waals surface area (Å²) >= 11 is 0. The lowest BCUT2D eigenvalue weighted by atomic mass is 9.99. The molecule has 0 fully saturated rings. The molecule has 1 aliphatic heterocycles. The summed E-state index contributed by atoms with van der Waals surface area (Å²) in [6.07, 6.45) is 0.779. The summed E-state index contributed by atoms with van der Waals surface area (Å²) in [5, 5.41) is 6.73. The van der Waals surface area contributed by atoms with E-state index < -0.39 is 0 Å². The lowest BCUT2D eigenvalue weighted by Gasteiger charge is -2.27. The number of benzene rings is 1. The van der Waals surface area contributed by atoms with Crippen LogP contribution < -0.4 is 10.6 Å². The van der Waals surface area contributed by atoms with Crippen molar-refractivity contribution in [3.8, 4) is 0 Å². The first-order valence-electron chi connectivity index (χ1n) is 5.91. The summed E-state index contributed by atoms with van der Waals surface area (Å²) in [6, 6.07) is 5.57. The van der Waals surface area contributed by atoms with Crippen LogP contribution in [0.1, 0.15) is 19.4 Å². The summed E-state index contributed by atoms with van der Waals surface area (Å²) in [4.78, 5) is 0. The van der Waals surface area contributed by atoms with Crippen molar-refractivity contribution in [2.75, 3.05) is 18.4 Å². The number of halogens is 1. The number of nitrogens with one attached hydrogen (secondary N) is 2. The third-order valence-electron chi connectivity index (χ3n) is 2.92. The Morgan fingerprint density at radius 3 is 3.06 bits per heavy atom. The van der Waals surface area contributed by atoms with Crippen LogP contribution in [0, 0.1) is 11.7 Å². The number of hydrogen-bond donors (Lipinski definition) is 2. The maximum atomic E-state index is 13.6. The van der Waals surface area contributed by atoms with Crippen molar-refractivity contribution in [2.45, 2.75) is 26.3 Å². The molecule has 0 spiro atoms. The molecule has 2 rings (SSSR count). The minimum Gasteiger partial charge on any atom is -0.383 e. The zero-order valence-corrected chi connectivity index (χ0v) is 9.89. The van der Waals surface area contributed by atoms with Crippen LogP contribution in [0.3, 0.4) is 0 Å². The van der Waals surface area contributed by atoms with Gasteiger partial charge in [0.2, 0.25) is 0 Å². The average Bonchev–Trinajstić information content (AvgIpc) is 2.27. The summed E-state index contributed by atoms with van der Waals surface area (Å²) in [6.45, 7) is 6.22. The van der Waals surface area contributed by atoms with Crippen molar-refractivity contribution in [2.24, 2.45) is 5.92 Å². The van der Waals surface area contributed by atoms with Crippen molar-refractivity contribution in [1.29, 1.82) is 0 Å². The van der Waals surface area contributed by atoms with Crippen LogP contribution in [-0.2, 0) is 6.42 Å². The van der Waals surface area contributed by atoms with Gasteiger partial charge in [0, 0.05) is 23.8 Å². The molecule has 1 aliphatic rings. The van der Waals surface area contributed by atoms with E-state index in [1.165, 1.54) is 6.07 Å². The van der Waals surface area contributed by atoms with E-state index in [1.54, 1.807) is 6.07 Å². The normalized spacial score (nSPS) is 19.4. The highest BCUT2D eigenvalue weighted by Crippen LogP contribution is 2.24. The van der Waals surface area contributed by atoms with Crippen molar-refractivity contribution >= 4 is 5.69 Å². The monoisotopic (exact) mass is 222 g/mol. The number of anilines is 1. The van der Waals surface area contributed by atoms with E-state index in [0.29, 0.717) is 12.0 Å². The molecule has 1 unspecified atom stereocenters. The Bertz CT molecular complexity index is 363. The first-order chi connectivity index (χ1) is 7.66. The predicted molar refractivity (Wildman–Crippen MR) is 65.2 cm³/mol. The largest absolute Gasteiger partial charge is 0.383 e. The zero-order valence-electron chi connectivity index (χ0n) is 9.89. The van der Waals surface area contributed by atoms with E-state index >= 15 is 0 Å². The van der Waals surface area contributed by atoms with E-state index in [-0.39, 0.29) is 5.82 Å². The highest BCUT2D eigenvalue weighted by molar-refractivity contribution is 5.54. The van der Waals surface area contributed by atoms with Gasteiger partial charge < -0.3 is 10.6 Å². The second-order valence-electron chi connectivity index (χ2n) is 4.85. The Balaban J connectivity index is 2.03. The summed E-state index contributed by atoms with van der Waals surface area (Å²) in [7, 11) is 0. The molecule has 2 N–H and O–H groups in total. The molecule has 0 radical (unpaired) electrons. The van der Waals surface area contributed by atoms with Gasteiger partial charge in [0.25, 0.3) is 0 Å². The summed E-state index contributed by atoms with van der Waals surface area (Å²) < 4.78 is 13.6. The summed E-state index contributed by atoms with van der Waals surface area (Å²) in [5.41, 5.74) is 1.76. The molecular formula is C13H19FN2. The minimum absolute atomic E-state index is 0.0963. The maximum absolute atomic E-state index is 13.6. The maximum Gasteiger partial charge on any atom is 0.128 e. The fraction of sp³-hybridized carbons (Fsp3) is 0.538. The molecule has 1 heterocycles. The van der Waals surface area contributed by atoms with Crippen LogP contribution in [0.4, 0.5) is 10.1 Å². The molecule has 1 aromatic rings. The van der Waals surface area contributed by atoms with Crippen LogP contribution in [0.5, 0.6) is 0 Å². The fourth-order valence-corrected chi connectivity index (χ4v) is 2.03. The predicted octanol–water partition coefficient (Wildman–Crippen LogP) is 2.41. The highest BCUT2D eigenvalue weighted by Gasteiger charge is 2.20. The molecule has 3 heteroatoms. The van der Waals surface area contributed by atoms with Crippen LogP contribution >= 0.6 is 0 Å². The Morgan fingerprint density at radius 2 is 2.31 bits per heavy atom. The second kappa shape index (κ2) is 4.83. The smallest absolute Gasteiger partial charge is 0.128 e. The molecule has 0 amide bonds. The van der Waals surface area contributed by atoms with Gasteiger partial charge >= 0.3 is 0 Å². The number of rotatable bonds is 3. The lowest BCUT2D eigenvalue weighted by molar-refractivity contribution is 0.458. The van der Waals surface area contributed by atoms with Gasteiger partial charge in [0.15, 0.2) is 0 Å². The molecule has 0 bridgehead atoms. The second-order valence-corrected chi connectivity index (χ2v) is 4.85. The zero-order chi connectivity index (χ0) is 11.5. The Kier molecular flexibility index (Phi) is 3.44. The van der Waals surface area contributed by atoms with Gasteiger partial charge in [-0.2, -0.15) is 0 Å². The van der Waals surface area contributed by atoms with Crippen LogP contribution in [0.25, 0.3) is 0 Å². The molecule has 0 aliphatic carbocycles. The van der Waals surface area contributed by atoms with Gasteiger partial charge in [-0.15, -0.1) is 0 Å². The first kappa shape index (κ1) is 11.4. The van der Waals surface area contributed by atoms with E-state index in [0.717, 1.165) is 30.8 Å². The molecule has 0 saturated heterocycles. The van der Waals surface area contributed by atoms with Crippen molar-refractivity contribution in [3.05, 3.63) is 29.6 Å². The number of hydrogen-bond acceptors (Lipinski definition) is 2. The highest BCUT2D eigenvalue weighted by atomic mass is 19.1. The molecule has 88 valence electrons. The van der Waals surface area contributed by atoms with Gasteiger partial charge in [-0.25, -0.2) is 4.39 Å². The molecule has 16 heavy (non-hydrogen) atoms. The van der Waals surface area contributed by atoms with Gasteiger partial charge in [0.05, 0.1) is 0 Å². The molecule has 0 aromatic heterocycles. The Hall–Kier alpha value is -1.09. The van der Waals surface area contributed by atoms with E-state index in [1.807, 2.05) is 6.07 Å². The van der Waals surface area contributed by atoms with Crippen molar-refractivity contribution in [1.82, 2.24) is 5.32 Å². The first-order valence-corrected chi connectivity index (χ1v) is 5.91. The van der Waals surface area contributed by atoms with Gasteiger partial charge in [0.1, 0.15) is 5.82 Å². The molecule has 0 saturated carbocycles. The van der Waals surface area contributed by atoms with Gasteiger partial charge in [-0.1, -0.05) is 19.9 Å². The number of fused-ring (bicyclic) bond motifs is 1. The third kappa shape index (κ3) is 2.53. The molecule has 1 aromatic carbocycles. The molecular weight excluding hydrogens is 203 g/mol. The topological polar surface area (TPSA) is 24.1 Å². The standard InChI is InChI=1S/C13H19FN2/c1-9(2)7-15-10-6-11-12(14)4-3-5-13(11)16-8-10/h3-5,9-10,15-16H,6-8H2,1-2H3. The van der Waals surface area contributed by atoms with Crippen molar-refractivity contribution < 1.29 is 4.39 Å². The molecule has 2 nitrogen and oxygen atoms in total. The fourth-order valence-electron chi connectivity index (χ4n) is 2.03. The minimum atomic E-state index is -0.0963. The Labute approximate surface area is 96.2 Å². The third-order valence-corrected chi connectivity index (χ3v) is 2.92. The van der Waals surface area contributed by atoms with Gasteiger partial charge in [-0.3, -0.25) is 0 Å². The molecule has 1 atom stereocenters. The lowest BCUT2D eigenvalue weighted by Crippen LogP contribution is -2.42. The van der Waals surface area contributed by atoms with Crippen LogP contribution in [0.2, 0.25) is 0 Å². The van der Waals surface area contributed by atoms with E-state index in [9.17, 15) is 4.39 Å². The average molecular weight is 222 g/mol. The summed E-state index contributed by atoms with van der Waals surface area (Å²) in [5.74, 6) is 0.531. The SMILES string of the molecule is CC(C)CNC1CNc2cccc(F)c2C1. The van der Waals surface area contributed by atoms with Crippen LogP contribution in [-0.4, -0.2) is 19.1 Å².